The van der Waals surface area contributed by atoms with Crippen LogP contribution in [0.2, 0.25) is 0 Å². The Bertz CT molecular complexity index is 196. The molecule has 0 N–H and O–H groups in total. The minimum Gasteiger partial charge on any atom is -0.418 e. The van der Waals surface area contributed by atoms with E-state index in [1.54, 1.807) is 0 Å². The van der Waals surface area contributed by atoms with Gasteiger partial charge < -0.3 is 26.5 Å². The minimum atomic E-state index is -6.00. The van der Waals surface area contributed by atoms with Crippen LogP contribution in [0.4, 0.5) is 17.3 Å². The molecule has 0 aliphatic carbocycles. The molecule has 1 fully saturated rings. The molecule has 1 saturated heterocycles. The largest absolute Gasteiger partial charge is 0.673 e. The van der Waals surface area contributed by atoms with E-state index in [4.69, 9.17) is 4.74 Å². The zero-order valence-electron chi connectivity index (χ0n) is 10.1. The van der Waals surface area contributed by atoms with Gasteiger partial charge in [0.25, 0.3) is 0 Å². The van der Waals surface area contributed by atoms with Crippen LogP contribution in [0.3, 0.4) is 0 Å². The molecular formula is C9H20BF4NO. The van der Waals surface area contributed by atoms with Crippen LogP contribution in [0.15, 0.2) is 0 Å². The summed E-state index contributed by atoms with van der Waals surface area (Å²) < 4.78 is 45.8. The van der Waals surface area contributed by atoms with E-state index >= 15 is 0 Å². The van der Waals surface area contributed by atoms with Crippen molar-refractivity contribution in [2.45, 2.75) is 26.4 Å². The Morgan fingerprint density at radius 1 is 1.25 bits per heavy atom. The van der Waals surface area contributed by atoms with E-state index in [1.165, 1.54) is 30.5 Å². The molecule has 1 aliphatic rings. The number of quaternary nitrogens is 1. The third kappa shape index (κ3) is 7.93. The molecule has 98 valence electrons. The molecule has 16 heavy (non-hydrogen) atoms. The van der Waals surface area contributed by atoms with Crippen LogP contribution >= 0.6 is 0 Å². The first-order valence-corrected chi connectivity index (χ1v) is 5.52. The lowest BCUT2D eigenvalue weighted by Gasteiger charge is -2.27. The fraction of sp³-hybridized carbons (Fsp3) is 1.00. The fourth-order valence-corrected chi connectivity index (χ4v) is 1.79. The average Bonchev–Trinajstić information content (AvgIpc) is 2.47. The highest BCUT2D eigenvalue weighted by Gasteiger charge is 2.33. The van der Waals surface area contributed by atoms with Gasteiger partial charge in [-0.2, -0.15) is 0 Å². The van der Waals surface area contributed by atoms with Crippen molar-refractivity contribution in [1.82, 2.24) is 0 Å². The topological polar surface area (TPSA) is 9.23 Å². The molecule has 7 heteroatoms. The third-order valence-electron chi connectivity index (χ3n) is 2.80. The first-order valence-electron chi connectivity index (χ1n) is 5.52. The predicted molar refractivity (Wildman–Crippen MR) is 56.7 cm³/mol. The highest BCUT2D eigenvalue weighted by atomic mass is 19.5. The molecule has 0 radical (unpaired) electrons. The van der Waals surface area contributed by atoms with Crippen LogP contribution in [0.1, 0.15) is 20.3 Å². The number of likely N-dealkylation sites (N-methyl/N-ethyl adjacent to an activating group) is 1. The van der Waals surface area contributed by atoms with E-state index in [0.717, 1.165) is 6.61 Å². The SMILES string of the molecule is CCOC1CC[N+](C)(CC)C1.F[B-](F)(F)F. The molecule has 2 atom stereocenters. The molecular weight excluding hydrogens is 225 g/mol. The fourth-order valence-electron chi connectivity index (χ4n) is 1.79. The van der Waals surface area contributed by atoms with Crippen LogP contribution in [-0.2, 0) is 4.74 Å². The first-order chi connectivity index (χ1) is 7.20. The lowest BCUT2D eigenvalue weighted by molar-refractivity contribution is -0.897. The predicted octanol–water partition coefficient (Wildman–Crippen LogP) is 2.56. The standard InChI is InChI=1S/C9H20NO.BF4/c1-4-10(3)7-6-9(8-10)11-5-2;2-1(3,4)5/h9H,4-8H2,1-3H3;/q+1;-1. The van der Waals surface area contributed by atoms with E-state index in [-0.39, 0.29) is 0 Å². The lowest BCUT2D eigenvalue weighted by Crippen LogP contribution is -2.42. The van der Waals surface area contributed by atoms with Crippen molar-refractivity contribution >= 4 is 7.25 Å². The Hall–Kier alpha value is -0.295. The summed E-state index contributed by atoms with van der Waals surface area (Å²) in [5, 5.41) is 0. The number of hydrogen-bond acceptors (Lipinski definition) is 1. The quantitative estimate of drug-likeness (QED) is 0.422. The smallest absolute Gasteiger partial charge is 0.418 e. The van der Waals surface area contributed by atoms with Crippen molar-refractivity contribution < 1.29 is 26.5 Å². The summed E-state index contributed by atoms with van der Waals surface area (Å²) in [5.74, 6) is 0. The Balaban J connectivity index is 0.000000385. The van der Waals surface area contributed by atoms with E-state index in [1.807, 2.05) is 0 Å². The summed E-state index contributed by atoms with van der Waals surface area (Å²) in [6.45, 7) is 8.95. The van der Waals surface area contributed by atoms with Gasteiger partial charge in [0, 0.05) is 13.0 Å². The molecule has 1 rings (SSSR count). The van der Waals surface area contributed by atoms with Crippen molar-refractivity contribution in [3.8, 4) is 0 Å². The van der Waals surface area contributed by atoms with Gasteiger partial charge in [0.1, 0.15) is 12.6 Å². The molecule has 2 nitrogen and oxygen atoms in total. The number of ether oxygens (including phenoxy) is 1. The highest BCUT2D eigenvalue weighted by molar-refractivity contribution is 6.50. The summed E-state index contributed by atoms with van der Waals surface area (Å²) in [4.78, 5) is 0. The Morgan fingerprint density at radius 3 is 2.06 bits per heavy atom. The molecule has 0 aromatic carbocycles. The van der Waals surface area contributed by atoms with E-state index in [0.29, 0.717) is 6.10 Å². The van der Waals surface area contributed by atoms with Gasteiger partial charge in [-0.15, -0.1) is 0 Å². The van der Waals surface area contributed by atoms with Gasteiger partial charge >= 0.3 is 7.25 Å². The molecule has 1 heterocycles. The number of hydrogen-bond donors (Lipinski definition) is 0. The first kappa shape index (κ1) is 15.7. The van der Waals surface area contributed by atoms with Gasteiger partial charge in [0.2, 0.25) is 0 Å². The molecule has 2 unspecified atom stereocenters. The lowest BCUT2D eigenvalue weighted by atomic mass is 10.3. The van der Waals surface area contributed by atoms with Crippen molar-refractivity contribution in [2.24, 2.45) is 0 Å². The van der Waals surface area contributed by atoms with Crippen molar-refractivity contribution in [1.29, 1.82) is 0 Å². The van der Waals surface area contributed by atoms with Crippen LogP contribution in [0.5, 0.6) is 0 Å². The second kappa shape index (κ2) is 6.44. The Kier molecular flexibility index (Phi) is 6.32. The van der Waals surface area contributed by atoms with Gasteiger partial charge in [0.15, 0.2) is 0 Å². The molecule has 0 bridgehead atoms. The van der Waals surface area contributed by atoms with Gasteiger partial charge in [-0.1, -0.05) is 0 Å². The van der Waals surface area contributed by atoms with E-state index in [9.17, 15) is 17.3 Å². The second-order valence-corrected chi connectivity index (χ2v) is 4.20. The molecule has 0 amide bonds. The maximum Gasteiger partial charge on any atom is 0.673 e. The molecule has 0 aromatic heterocycles. The number of halogens is 4. The van der Waals surface area contributed by atoms with Crippen LogP contribution in [0.25, 0.3) is 0 Å². The van der Waals surface area contributed by atoms with E-state index < -0.39 is 7.25 Å². The van der Waals surface area contributed by atoms with Gasteiger partial charge in [-0.3, -0.25) is 0 Å². The maximum atomic E-state index is 9.75. The van der Waals surface area contributed by atoms with Gasteiger partial charge in [-0.05, 0) is 13.8 Å². The zero-order chi connectivity index (χ0) is 12.8. The maximum absolute atomic E-state index is 9.75. The van der Waals surface area contributed by atoms with Crippen molar-refractivity contribution in [3.63, 3.8) is 0 Å². The average molecular weight is 245 g/mol. The summed E-state index contributed by atoms with van der Waals surface area (Å²) in [6.07, 6.45) is 1.78. The van der Waals surface area contributed by atoms with Crippen molar-refractivity contribution in [3.05, 3.63) is 0 Å². The summed E-state index contributed by atoms with van der Waals surface area (Å²) in [6, 6.07) is 0. The minimum absolute atomic E-state index is 0.532. The zero-order valence-corrected chi connectivity index (χ0v) is 10.1. The second-order valence-electron chi connectivity index (χ2n) is 4.20. The molecule has 0 spiro atoms. The summed E-state index contributed by atoms with van der Waals surface area (Å²) in [5.41, 5.74) is 0. The number of likely N-dealkylation sites (tertiary alicyclic amines) is 1. The monoisotopic (exact) mass is 245 g/mol. The number of nitrogens with zero attached hydrogens (tertiary/aromatic N) is 1. The van der Waals surface area contributed by atoms with Gasteiger partial charge in [-0.25, -0.2) is 0 Å². The van der Waals surface area contributed by atoms with Crippen LogP contribution in [-0.4, -0.2) is 51.1 Å². The van der Waals surface area contributed by atoms with Crippen LogP contribution in [0, 0.1) is 0 Å². The van der Waals surface area contributed by atoms with Crippen molar-refractivity contribution in [2.75, 3.05) is 33.3 Å². The summed E-state index contributed by atoms with van der Waals surface area (Å²) in [7, 11) is -3.68. The molecule has 0 saturated carbocycles. The Labute approximate surface area is 94.3 Å². The summed E-state index contributed by atoms with van der Waals surface area (Å²) >= 11 is 0. The normalized spacial score (nSPS) is 29.8. The molecule has 0 aromatic rings. The molecule has 1 aliphatic heterocycles. The highest BCUT2D eigenvalue weighted by Crippen LogP contribution is 2.18. The van der Waals surface area contributed by atoms with Crippen LogP contribution < -0.4 is 0 Å². The van der Waals surface area contributed by atoms with Gasteiger partial charge in [0.05, 0.1) is 20.1 Å². The number of rotatable bonds is 3. The van der Waals surface area contributed by atoms with E-state index in [2.05, 4.69) is 20.9 Å². The Morgan fingerprint density at radius 2 is 1.75 bits per heavy atom. The third-order valence-corrected chi connectivity index (χ3v) is 2.80.